The predicted molar refractivity (Wildman–Crippen MR) is 540 cm³/mol. The fraction of sp³-hybridized carbons (Fsp3) is 0.222. The first kappa shape index (κ1) is 85.0. The Bertz CT molecular complexity index is 7980. The number of pyridine rings is 3. The molecule has 0 radical (unpaired) electrons. The van der Waals surface area contributed by atoms with Crippen LogP contribution in [-0.4, -0.2) is 47.3 Å². The van der Waals surface area contributed by atoms with Crippen LogP contribution in [0, 0.1) is 27.7 Å². The monoisotopic (exact) mass is 1710 g/mol. The molecular formula is C117H115N9O4+4. The summed E-state index contributed by atoms with van der Waals surface area (Å²) in [6, 6.07) is 104. The Morgan fingerprint density at radius 2 is 0.615 bits per heavy atom. The summed E-state index contributed by atoms with van der Waals surface area (Å²) in [6.07, 6.45) is 2.34. The quantitative estimate of drug-likeness (QED) is 0.0800. The molecule has 0 saturated carbocycles. The van der Waals surface area contributed by atoms with Crippen LogP contribution in [0.5, 0.6) is 23.0 Å². The van der Waals surface area contributed by atoms with Crippen LogP contribution < -0.4 is 37.2 Å². The number of para-hydroxylation sites is 8. The number of hydrogen-bond donors (Lipinski definition) is 0. The molecule has 648 valence electrons. The van der Waals surface area contributed by atoms with Gasteiger partial charge < -0.3 is 18.9 Å². The molecule has 0 aliphatic rings. The van der Waals surface area contributed by atoms with Crippen molar-refractivity contribution in [3.05, 3.63) is 331 Å². The molecule has 0 N–H and O–H groups in total. The van der Waals surface area contributed by atoms with Gasteiger partial charge in [-0.05, 0) is 244 Å². The zero-order valence-electron chi connectivity index (χ0n) is 78.4. The first-order chi connectivity index (χ1) is 62.9. The SMILES string of the molecule is Cc1c(OC(C)C)ccc2c3ccccc3c3c(c12)[n+](C)c(-c1ccccc1)n3-c1c(C(C)C)cccc1C(C)C.Cc1c(OC(C)C)ccc2c3ccccc3c3c(c12)[n+](C)c(-c1ccccc1)n3-c1ccccc1.Cc1c(OC(C)C)ccc2c3ccccc3n3c4ccccc4[n+](C)c3c12.Cc1c(OC(C)C)cnc2c3ccccc3n3c4ccccc4[n+](C)c3c12. The lowest BCUT2D eigenvalue weighted by atomic mass is 9.91. The number of nitrogens with zero attached hydrogens (tertiary/aromatic N) is 9. The highest BCUT2D eigenvalue weighted by Crippen LogP contribution is 2.47. The average molecular weight is 1710 g/mol. The molecule has 130 heavy (non-hydrogen) atoms. The molecule has 13 heteroatoms. The first-order valence-corrected chi connectivity index (χ1v) is 46.0. The summed E-state index contributed by atoms with van der Waals surface area (Å²) in [5, 5.41) is 16.1. The highest BCUT2D eigenvalue weighted by molar-refractivity contribution is 6.26. The molecule has 0 atom stereocenters. The molecule has 0 aliphatic carbocycles. The van der Waals surface area contributed by atoms with Crippen LogP contribution in [0.2, 0.25) is 0 Å². The molecule has 0 aliphatic heterocycles. The standard InChI is InChI=1S/C38H41N2O.C32H29N2O.C24H23N2O.C23H22N3O/c1-23(2)28-19-14-20-29(24(3)4)35(28)40-36-32-18-13-12-17-30(32)31-21-22-33(41-25(5)6)26(7)34(31)37(36)39(8)38(40)27-15-10-9-11-16-27;1-21(2)35-28-20-19-26-25-17-11-12-18-27(25)30-31(29(26)22(28)3)33(4)32(23-13-7-5-8-14-23)34(30)24-15-9-6-10-16-24;1-15(2)27-22-14-13-18-17-9-5-6-10-19(17)26-21-12-8-7-11-20(21)25(4)24(26)23(18)16(22)3;1-14(2)27-20-13-24-22-16-9-5-6-10-17(16)26-19-12-8-7-11-18(19)25(4)23(26)21(22)15(20)3/h9-25H,1-8H3;5-21H,1-4H3;5-15H,1-4H3;5-14H,1-4H3/q4*+1. The van der Waals surface area contributed by atoms with Crippen LogP contribution in [-0.2, 0) is 28.2 Å². The largest absolute Gasteiger partial charge is 0.491 e. The number of fused-ring (bicyclic) bond motifs is 28. The maximum Gasteiger partial charge on any atom is 0.297 e. The number of rotatable bonds is 14. The summed E-state index contributed by atoms with van der Waals surface area (Å²) in [5.74, 6) is 6.77. The maximum atomic E-state index is 6.35. The second kappa shape index (κ2) is 34.3. The normalized spacial score (nSPS) is 12.0. The lowest BCUT2D eigenvalue weighted by Gasteiger charge is -2.19. The predicted octanol–water partition coefficient (Wildman–Crippen LogP) is 27.3. The molecule has 13 nitrogen and oxygen atoms in total. The van der Waals surface area contributed by atoms with Gasteiger partial charge in [-0.15, -0.1) is 0 Å². The van der Waals surface area contributed by atoms with Crippen molar-refractivity contribution < 1.29 is 37.2 Å². The van der Waals surface area contributed by atoms with Gasteiger partial charge in [0.05, 0.1) is 86.2 Å². The third-order valence-electron chi connectivity index (χ3n) is 26.0. The lowest BCUT2D eigenvalue weighted by Crippen LogP contribution is -2.30. The van der Waals surface area contributed by atoms with Crippen molar-refractivity contribution in [1.29, 1.82) is 0 Å². The highest BCUT2D eigenvalue weighted by Gasteiger charge is 2.37. The van der Waals surface area contributed by atoms with Crippen molar-refractivity contribution in [1.82, 2.24) is 22.9 Å². The van der Waals surface area contributed by atoms with E-state index in [1.807, 2.05) is 20.0 Å². The Labute approximate surface area is 760 Å². The lowest BCUT2D eigenvalue weighted by molar-refractivity contribution is -0.633. The molecule has 0 unspecified atom stereocenters. The topological polar surface area (TPSA) is 84.0 Å². The first-order valence-electron chi connectivity index (χ1n) is 46.0. The molecule has 7 heterocycles. The number of benzene rings is 15. The zero-order chi connectivity index (χ0) is 90.5. The van der Waals surface area contributed by atoms with Gasteiger partial charge in [-0.25, -0.2) is 18.3 Å². The molecule has 15 aromatic carbocycles. The number of aromatic nitrogens is 9. The summed E-state index contributed by atoms with van der Waals surface area (Å²) in [4.78, 5) is 4.83. The molecular weight excluding hydrogens is 1600 g/mol. The van der Waals surface area contributed by atoms with E-state index in [2.05, 4.69) is 453 Å². The van der Waals surface area contributed by atoms with Crippen molar-refractivity contribution in [2.75, 3.05) is 0 Å². The van der Waals surface area contributed by atoms with Crippen molar-refractivity contribution in [3.63, 3.8) is 0 Å². The Balaban J connectivity index is 0.000000114. The van der Waals surface area contributed by atoms with Crippen molar-refractivity contribution in [2.45, 2.75) is 147 Å². The smallest absolute Gasteiger partial charge is 0.297 e. The second-order valence-corrected chi connectivity index (χ2v) is 36.5. The van der Waals surface area contributed by atoms with Gasteiger partial charge in [0.15, 0.2) is 44.1 Å². The molecule has 0 amide bonds. The zero-order valence-corrected chi connectivity index (χ0v) is 78.4. The summed E-state index contributed by atoms with van der Waals surface area (Å²) in [7, 11) is 8.70. The summed E-state index contributed by atoms with van der Waals surface area (Å²) >= 11 is 0. The van der Waals surface area contributed by atoms with Crippen LogP contribution in [0.3, 0.4) is 0 Å². The van der Waals surface area contributed by atoms with Gasteiger partial charge in [0.25, 0.3) is 22.9 Å². The van der Waals surface area contributed by atoms with Crippen molar-refractivity contribution >= 4 is 142 Å². The van der Waals surface area contributed by atoms with Crippen molar-refractivity contribution in [3.8, 4) is 57.1 Å². The van der Waals surface area contributed by atoms with Crippen LogP contribution in [0.15, 0.2) is 297 Å². The molecule has 0 bridgehead atoms. The third kappa shape index (κ3) is 14.3. The van der Waals surface area contributed by atoms with Crippen LogP contribution >= 0.6 is 0 Å². The van der Waals surface area contributed by atoms with E-state index >= 15 is 0 Å². The Morgan fingerprint density at radius 3 is 1.06 bits per heavy atom. The van der Waals surface area contributed by atoms with Gasteiger partial charge in [-0.3, -0.25) is 4.98 Å². The van der Waals surface area contributed by atoms with Gasteiger partial charge in [-0.2, -0.15) is 17.9 Å². The minimum Gasteiger partial charge on any atom is -0.491 e. The number of hydrogen-bond acceptors (Lipinski definition) is 5. The minimum atomic E-state index is 0.104. The highest BCUT2D eigenvalue weighted by atomic mass is 16.5. The molecule has 0 fully saturated rings. The molecule has 22 rings (SSSR count). The summed E-state index contributed by atoms with van der Waals surface area (Å²) in [6.45, 7) is 34.6. The Morgan fingerprint density at radius 1 is 0.277 bits per heavy atom. The number of ether oxygens (including phenoxy) is 4. The average Bonchev–Trinajstić information content (AvgIpc) is 1.56. The van der Waals surface area contributed by atoms with Gasteiger partial charge in [0.2, 0.25) is 0 Å². The maximum absolute atomic E-state index is 6.35. The van der Waals surface area contributed by atoms with Crippen LogP contribution in [0.25, 0.3) is 176 Å². The number of imidazole rings is 4. The van der Waals surface area contributed by atoms with E-state index in [0.717, 1.165) is 62.0 Å². The van der Waals surface area contributed by atoms with Crippen LogP contribution in [0.1, 0.15) is 128 Å². The number of aryl methyl sites for hydroxylation is 8. The summed E-state index contributed by atoms with van der Waals surface area (Å²) < 4.78 is 43.8. The van der Waals surface area contributed by atoms with Crippen molar-refractivity contribution in [2.24, 2.45) is 28.2 Å². The fourth-order valence-corrected chi connectivity index (χ4v) is 20.5. The molecule has 0 spiro atoms. The van der Waals surface area contributed by atoms with Gasteiger partial charge in [-0.1, -0.05) is 191 Å². The van der Waals surface area contributed by atoms with E-state index in [4.69, 9.17) is 23.9 Å². The van der Waals surface area contributed by atoms with E-state index in [0.29, 0.717) is 11.8 Å². The molecule has 0 saturated heterocycles. The molecule has 7 aromatic heterocycles. The van der Waals surface area contributed by atoms with Gasteiger partial charge in [0.1, 0.15) is 45.4 Å². The van der Waals surface area contributed by atoms with E-state index in [-0.39, 0.29) is 24.4 Å². The van der Waals surface area contributed by atoms with Crippen LogP contribution in [0.4, 0.5) is 0 Å². The van der Waals surface area contributed by atoms with E-state index in [1.165, 1.54) is 171 Å². The molecule has 22 aromatic rings. The van der Waals surface area contributed by atoms with E-state index < -0.39 is 0 Å². The fourth-order valence-electron chi connectivity index (χ4n) is 20.5. The minimum absolute atomic E-state index is 0.104. The summed E-state index contributed by atoms with van der Waals surface area (Å²) in [5.41, 5.74) is 27.8. The van der Waals surface area contributed by atoms with E-state index in [9.17, 15) is 0 Å². The Kier molecular flexibility index (Phi) is 22.4. The second-order valence-electron chi connectivity index (χ2n) is 36.5. The van der Waals surface area contributed by atoms with Gasteiger partial charge in [0, 0.05) is 71.1 Å². The Hall–Kier alpha value is -14.4. The third-order valence-corrected chi connectivity index (χ3v) is 26.0. The van der Waals surface area contributed by atoms with E-state index in [1.54, 1.807) is 0 Å². The van der Waals surface area contributed by atoms with Gasteiger partial charge >= 0.3 is 0 Å².